The van der Waals surface area contributed by atoms with Crippen LogP contribution in [0.25, 0.3) is 0 Å². The van der Waals surface area contributed by atoms with Crippen LogP contribution < -0.4 is 10.6 Å². The second-order valence-corrected chi connectivity index (χ2v) is 6.27. The molecule has 0 bridgehead atoms. The van der Waals surface area contributed by atoms with Gasteiger partial charge in [0.15, 0.2) is 5.96 Å². The highest BCUT2D eigenvalue weighted by Crippen LogP contribution is 2.28. The van der Waals surface area contributed by atoms with E-state index in [0.29, 0.717) is 12.6 Å². The van der Waals surface area contributed by atoms with E-state index in [2.05, 4.69) is 36.4 Å². The number of hydrogen-bond acceptors (Lipinski definition) is 2. The first-order valence-electron chi connectivity index (χ1n) is 7.70. The third-order valence-electron chi connectivity index (χ3n) is 3.74. The van der Waals surface area contributed by atoms with Crippen molar-refractivity contribution in [3.8, 4) is 0 Å². The van der Waals surface area contributed by atoms with Gasteiger partial charge in [-0.1, -0.05) is 20.8 Å². The molecule has 4 nitrogen and oxygen atoms in total. The fourth-order valence-corrected chi connectivity index (χ4v) is 2.88. The molecule has 120 valence electrons. The summed E-state index contributed by atoms with van der Waals surface area (Å²) in [5.41, 5.74) is 0. The lowest BCUT2D eigenvalue weighted by Gasteiger charge is -2.33. The molecule has 0 aromatic carbocycles. The van der Waals surface area contributed by atoms with Gasteiger partial charge in [0, 0.05) is 25.7 Å². The van der Waals surface area contributed by atoms with Crippen LogP contribution in [0.4, 0.5) is 0 Å². The molecule has 1 saturated carbocycles. The zero-order chi connectivity index (χ0) is 14.3. The maximum Gasteiger partial charge on any atom is 0.191 e. The number of halogens is 1. The van der Waals surface area contributed by atoms with Crippen molar-refractivity contribution in [2.75, 3.05) is 19.7 Å². The maximum atomic E-state index is 9.06. The van der Waals surface area contributed by atoms with Gasteiger partial charge in [-0.2, -0.15) is 0 Å². The molecule has 0 aromatic heterocycles. The normalized spacial score (nSPS) is 28.4. The van der Waals surface area contributed by atoms with E-state index in [1.54, 1.807) is 0 Å². The van der Waals surface area contributed by atoms with Crippen LogP contribution in [0.2, 0.25) is 0 Å². The number of aliphatic hydroxyl groups is 1. The van der Waals surface area contributed by atoms with E-state index in [9.17, 15) is 0 Å². The van der Waals surface area contributed by atoms with Crippen LogP contribution in [0, 0.1) is 17.8 Å². The molecule has 1 rings (SSSR count). The largest absolute Gasteiger partial charge is 0.396 e. The van der Waals surface area contributed by atoms with E-state index < -0.39 is 0 Å². The van der Waals surface area contributed by atoms with E-state index in [1.165, 1.54) is 19.3 Å². The highest BCUT2D eigenvalue weighted by molar-refractivity contribution is 14.0. The molecule has 3 N–H and O–H groups in total. The average Bonchev–Trinajstić information content (AvgIpc) is 2.34. The number of aliphatic hydroxyl groups excluding tert-OH is 1. The average molecular weight is 397 g/mol. The number of rotatable bonds is 5. The van der Waals surface area contributed by atoms with Crippen molar-refractivity contribution in [3.05, 3.63) is 0 Å². The van der Waals surface area contributed by atoms with Gasteiger partial charge in [0.1, 0.15) is 0 Å². The summed E-state index contributed by atoms with van der Waals surface area (Å²) in [6.07, 6.45) is 3.79. The minimum absolute atomic E-state index is 0. The summed E-state index contributed by atoms with van der Waals surface area (Å²) in [6, 6.07) is 0.529. The van der Waals surface area contributed by atoms with Gasteiger partial charge in [-0.3, -0.25) is 4.99 Å². The topological polar surface area (TPSA) is 56.7 Å². The fraction of sp³-hybridized carbons (Fsp3) is 0.933. The van der Waals surface area contributed by atoms with E-state index in [0.717, 1.165) is 24.3 Å². The Morgan fingerprint density at radius 1 is 1.25 bits per heavy atom. The zero-order valence-corrected chi connectivity index (χ0v) is 15.7. The quantitative estimate of drug-likeness (QED) is 0.380. The van der Waals surface area contributed by atoms with Crippen LogP contribution in [0.15, 0.2) is 4.99 Å². The van der Waals surface area contributed by atoms with E-state index >= 15 is 0 Å². The van der Waals surface area contributed by atoms with Crippen molar-refractivity contribution >= 4 is 29.9 Å². The Balaban J connectivity index is 0.00000361. The van der Waals surface area contributed by atoms with Gasteiger partial charge in [0.2, 0.25) is 0 Å². The van der Waals surface area contributed by atoms with Gasteiger partial charge in [0.05, 0.1) is 0 Å². The fourth-order valence-electron chi connectivity index (χ4n) is 2.88. The second-order valence-electron chi connectivity index (χ2n) is 6.27. The van der Waals surface area contributed by atoms with Crippen LogP contribution in [0.3, 0.4) is 0 Å². The molecule has 5 heteroatoms. The smallest absolute Gasteiger partial charge is 0.191 e. The summed E-state index contributed by atoms with van der Waals surface area (Å²) in [5, 5.41) is 15.9. The van der Waals surface area contributed by atoms with Crippen molar-refractivity contribution in [2.45, 2.75) is 53.0 Å². The van der Waals surface area contributed by atoms with Gasteiger partial charge in [-0.15, -0.1) is 24.0 Å². The number of hydrogen-bond donors (Lipinski definition) is 3. The van der Waals surface area contributed by atoms with Crippen molar-refractivity contribution in [1.29, 1.82) is 0 Å². The van der Waals surface area contributed by atoms with Gasteiger partial charge in [-0.25, -0.2) is 0 Å². The Bertz CT molecular complexity index is 276. The molecule has 0 aromatic rings. The minimum Gasteiger partial charge on any atom is -0.396 e. The van der Waals surface area contributed by atoms with Crippen molar-refractivity contribution in [3.63, 3.8) is 0 Å². The maximum absolute atomic E-state index is 9.06. The molecule has 0 amide bonds. The number of nitrogens with zero attached hydrogens (tertiary/aromatic N) is 1. The summed E-state index contributed by atoms with van der Waals surface area (Å²) < 4.78 is 0. The second kappa shape index (κ2) is 10.7. The zero-order valence-electron chi connectivity index (χ0n) is 13.4. The molecular weight excluding hydrogens is 365 g/mol. The lowest BCUT2D eigenvalue weighted by atomic mass is 9.80. The molecule has 0 saturated heterocycles. The molecule has 0 heterocycles. The Labute approximate surface area is 141 Å². The highest BCUT2D eigenvalue weighted by atomic mass is 127. The third kappa shape index (κ3) is 7.67. The molecule has 0 spiro atoms. The van der Waals surface area contributed by atoms with E-state index in [4.69, 9.17) is 5.11 Å². The molecule has 1 aliphatic rings. The van der Waals surface area contributed by atoms with Crippen molar-refractivity contribution in [1.82, 2.24) is 10.6 Å². The number of nitrogens with one attached hydrogen (secondary N) is 2. The number of guanidine groups is 1. The molecule has 1 aliphatic carbocycles. The monoisotopic (exact) mass is 397 g/mol. The molecule has 3 unspecified atom stereocenters. The summed E-state index contributed by atoms with van der Waals surface area (Å²) >= 11 is 0. The summed E-state index contributed by atoms with van der Waals surface area (Å²) in [4.78, 5) is 4.56. The summed E-state index contributed by atoms with van der Waals surface area (Å²) in [5.74, 6) is 2.70. The first kappa shape index (κ1) is 20.0. The molecular formula is C15H32IN3O. The number of aliphatic imine (C=N–C) groups is 1. The summed E-state index contributed by atoms with van der Waals surface area (Å²) in [6.45, 7) is 10.5. The first-order valence-corrected chi connectivity index (χ1v) is 7.70. The van der Waals surface area contributed by atoms with Gasteiger partial charge in [-0.05, 0) is 43.9 Å². The molecule has 20 heavy (non-hydrogen) atoms. The minimum atomic E-state index is 0. The Hall–Kier alpha value is -0.0400. The van der Waals surface area contributed by atoms with Gasteiger partial charge in [0.25, 0.3) is 0 Å². The van der Waals surface area contributed by atoms with Crippen LogP contribution >= 0.6 is 24.0 Å². The summed E-state index contributed by atoms with van der Waals surface area (Å²) in [7, 11) is 0. The highest BCUT2D eigenvalue weighted by Gasteiger charge is 2.24. The standard InChI is InChI=1S/C15H31N3O.HI/c1-5-16-15(17-9-13(4)10-19)18-14-7-11(2)6-12(3)8-14;/h11-14,19H,5-10H2,1-4H3,(H2,16,17,18);1H. The lowest BCUT2D eigenvalue weighted by Crippen LogP contribution is -2.46. The predicted molar refractivity (Wildman–Crippen MR) is 96.7 cm³/mol. The molecule has 0 aliphatic heterocycles. The van der Waals surface area contributed by atoms with E-state index in [1.807, 2.05) is 6.92 Å². The van der Waals surface area contributed by atoms with Gasteiger partial charge >= 0.3 is 0 Å². The van der Waals surface area contributed by atoms with Crippen LogP contribution in [-0.2, 0) is 0 Å². The Morgan fingerprint density at radius 3 is 2.35 bits per heavy atom. The van der Waals surface area contributed by atoms with Crippen molar-refractivity contribution < 1.29 is 5.11 Å². The third-order valence-corrected chi connectivity index (χ3v) is 3.74. The Kier molecular flexibility index (Phi) is 10.6. The van der Waals surface area contributed by atoms with Gasteiger partial charge < -0.3 is 15.7 Å². The van der Waals surface area contributed by atoms with E-state index in [-0.39, 0.29) is 36.5 Å². The molecule has 3 atom stereocenters. The lowest BCUT2D eigenvalue weighted by molar-refractivity contribution is 0.241. The first-order chi connectivity index (χ1) is 9.05. The molecule has 0 radical (unpaired) electrons. The van der Waals surface area contributed by atoms with Crippen LogP contribution in [-0.4, -0.2) is 36.8 Å². The Morgan fingerprint density at radius 2 is 1.85 bits per heavy atom. The SMILES string of the molecule is CCNC(=NCC(C)CO)NC1CC(C)CC(C)C1.I. The van der Waals surface area contributed by atoms with Crippen molar-refractivity contribution in [2.24, 2.45) is 22.7 Å². The molecule has 1 fully saturated rings. The van der Waals surface area contributed by atoms with Crippen LogP contribution in [0.5, 0.6) is 0 Å². The predicted octanol–water partition coefficient (Wildman–Crippen LogP) is 2.61. The van der Waals surface area contributed by atoms with Crippen LogP contribution in [0.1, 0.15) is 47.0 Å².